The highest BCUT2D eigenvalue weighted by Gasteiger charge is 2.25. The maximum absolute atomic E-state index is 12.0. The third-order valence-corrected chi connectivity index (χ3v) is 5.51. The first-order valence-electron chi connectivity index (χ1n) is 8.24. The fourth-order valence-electron chi connectivity index (χ4n) is 2.68. The first kappa shape index (κ1) is 18.2. The highest BCUT2D eigenvalue weighted by atomic mass is 32.2. The van der Waals surface area contributed by atoms with Gasteiger partial charge in [-0.2, -0.15) is 0 Å². The lowest BCUT2D eigenvalue weighted by molar-refractivity contribution is 0.413. The highest BCUT2D eigenvalue weighted by Crippen LogP contribution is 2.22. The Hall–Kier alpha value is -0.840. The van der Waals surface area contributed by atoms with E-state index in [1.165, 1.54) is 0 Å². The fraction of sp³-hybridized carbons (Fsp3) is 0.812. The van der Waals surface area contributed by atoms with Crippen molar-refractivity contribution < 1.29 is 4.21 Å². The molecule has 1 aliphatic rings. The van der Waals surface area contributed by atoms with Gasteiger partial charge in [-0.25, -0.2) is 0 Å². The molecule has 0 bridgehead atoms. The number of hydrogen-bond acceptors (Lipinski definition) is 2. The van der Waals surface area contributed by atoms with Crippen LogP contribution in [0.5, 0.6) is 0 Å². The summed E-state index contributed by atoms with van der Waals surface area (Å²) in [6, 6.07) is 0.402. The lowest BCUT2D eigenvalue weighted by Crippen LogP contribution is -2.46. The van der Waals surface area contributed by atoms with Crippen LogP contribution in [0.1, 0.15) is 52.9 Å². The van der Waals surface area contributed by atoms with Crippen molar-refractivity contribution in [2.24, 2.45) is 4.99 Å². The summed E-state index contributed by atoms with van der Waals surface area (Å²) in [5.74, 6) is 1.67. The van der Waals surface area contributed by atoms with E-state index in [1.54, 1.807) is 0 Å². The highest BCUT2D eigenvalue weighted by molar-refractivity contribution is 7.85. The van der Waals surface area contributed by atoms with Crippen LogP contribution in [0.3, 0.4) is 0 Å². The molecule has 21 heavy (non-hydrogen) atoms. The van der Waals surface area contributed by atoms with Gasteiger partial charge >= 0.3 is 0 Å². The zero-order valence-corrected chi connectivity index (χ0v) is 14.5. The third kappa shape index (κ3) is 7.11. The van der Waals surface area contributed by atoms with Crippen molar-refractivity contribution >= 4 is 16.8 Å². The van der Waals surface area contributed by atoms with Crippen LogP contribution in [0.15, 0.2) is 17.1 Å². The Balaban J connectivity index is 2.51. The predicted octanol–water partition coefficient (Wildman–Crippen LogP) is 2.59. The lowest BCUT2D eigenvalue weighted by atomic mass is 9.95. The topological polar surface area (TPSA) is 53.5 Å². The van der Waals surface area contributed by atoms with E-state index in [1.807, 2.05) is 13.8 Å². The fourth-order valence-corrected chi connectivity index (χ4v) is 4.03. The Morgan fingerprint density at radius 2 is 2.19 bits per heavy atom. The van der Waals surface area contributed by atoms with Gasteiger partial charge in [0.15, 0.2) is 5.96 Å². The minimum absolute atomic E-state index is 0.354. The summed E-state index contributed by atoms with van der Waals surface area (Å²) in [5.41, 5.74) is 0. The molecule has 1 rings (SSSR count). The van der Waals surface area contributed by atoms with Gasteiger partial charge in [0, 0.05) is 40.9 Å². The third-order valence-electron chi connectivity index (χ3n) is 3.77. The first-order valence-corrected chi connectivity index (χ1v) is 9.62. The van der Waals surface area contributed by atoms with Gasteiger partial charge in [-0.15, -0.1) is 0 Å². The van der Waals surface area contributed by atoms with Gasteiger partial charge in [0.1, 0.15) is 0 Å². The largest absolute Gasteiger partial charge is 0.357 e. The van der Waals surface area contributed by atoms with Crippen LogP contribution in [-0.2, 0) is 10.8 Å². The Bertz CT molecular complexity index is 369. The summed E-state index contributed by atoms with van der Waals surface area (Å²) in [6.45, 7) is 7.80. The van der Waals surface area contributed by atoms with E-state index < -0.39 is 10.8 Å². The van der Waals surface area contributed by atoms with Crippen LogP contribution >= 0.6 is 0 Å². The second kappa shape index (κ2) is 10.8. The van der Waals surface area contributed by atoms with Crippen molar-refractivity contribution in [1.82, 2.24) is 10.6 Å². The molecule has 5 heteroatoms. The Morgan fingerprint density at radius 3 is 2.86 bits per heavy atom. The standard InChI is InChI=1S/C16H31N3OS/c1-4-7-8-12-18-16(17-5-2)19-14-10-9-11-15(13-14)21(20)6-3/h4,7,14-15H,5-6,8-13H2,1-3H3,(H2,17,18,19)/b7-4+. The number of aliphatic imine (C=N–C) groups is 1. The second-order valence-electron chi connectivity index (χ2n) is 5.42. The van der Waals surface area contributed by atoms with Gasteiger partial charge in [0.25, 0.3) is 0 Å². The van der Waals surface area contributed by atoms with Gasteiger partial charge < -0.3 is 10.6 Å². The minimum atomic E-state index is -0.670. The quantitative estimate of drug-likeness (QED) is 0.329. The van der Waals surface area contributed by atoms with Crippen LogP contribution in [0.25, 0.3) is 0 Å². The van der Waals surface area contributed by atoms with Crippen molar-refractivity contribution in [2.75, 3.05) is 18.8 Å². The molecular formula is C16H31N3OS. The number of nitrogens with zero attached hydrogens (tertiary/aromatic N) is 1. The number of rotatable bonds is 7. The van der Waals surface area contributed by atoms with Crippen LogP contribution in [0.2, 0.25) is 0 Å². The van der Waals surface area contributed by atoms with E-state index in [-0.39, 0.29) is 0 Å². The van der Waals surface area contributed by atoms with E-state index >= 15 is 0 Å². The first-order chi connectivity index (χ1) is 10.2. The van der Waals surface area contributed by atoms with Crippen LogP contribution in [0, 0.1) is 0 Å². The molecule has 0 radical (unpaired) electrons. The summed E-state index contributed by atoms with van der Waals surface area (Å²) in [5, 5.41) is 7.18. The predicted molar refractivity (Wildman–Crippen MR) is 93.3 cm³/mol. The van der Waals surface area contributed by atoms with Crippen molar-refractivity contribution in [1.29, 1.82) is 0 Å². The Morgan fingerprint density at radius 1 is 1.38 bits per heavy atom. The van der Waals surface area contributed by atoms with Crippen molar-refractivity contribution in [2.45, 2.75) is 64.2 Å². The van der Waals surface area contributed by atoms with E-state index in [4.69, 9.17) is 0 Å². The molecule has 0 saturated heterocycles. The molecular weight excluding hydrogens is 282 g/mol. The minimum Gasteiger partial charge on any atom is -0.357 e. The molecule has 3 atom stereocenters. The molecule has 0 aromatic heterocycles. The van der Waals surface area contributed by atoms with E-state index in [9.17, 15) is 4.21 Å². The summed E-state index contributed by atoms with van der Waals surface area (Å²) < 4.78 is 12.0. The number of nitrogens with one attached hydrogen (secondary N) is 2. The van der Waals surface area contributed by atoms with E-state index in [2.05, 4.69) is 34.7 Å². The van der Waals surface area contributed by atoms with Gasteiger partial charge in [0.2, 0.25) is 0 Å². The summed E-state index contributed by atoms with van der Waals surface area (Å²) >= 11 is 0. The van der Waals surface area contributed by atoms with Crippen LogP contribution in [0.4, 0.5) is 0 Å². The molecule has 1 aliphatic carbocycles. The molecule has 0 aliphatic heterocycles. The Kier molecular flexibility index (Phi) is 9.39. The van der Waals surface area contributed by atoms with Crippen molar-refractivity contribution in [3.63, 3.8) is 0 Å². The maximum Gasteiger partial charge on any atom is 0.191 e. The normalized spacial score (nSPS) is 25.0. The summed E-state index contributed by atoms with van der Waals surface area (Å²) in [6.07, 6.45) is 9.58. The SMILES string of the molecule is C/C=C/CCN=C(NCC)NC1CCCC(S(=O)CC)C1. The van der Waals surface area contributed by atoms with Gasteiger partial charge in [-0.3, -0.25) is 9.20 Å². The molecule has 0 aromatic rings. The van der Waals surface area contributed by atoms with Crippen molar-refractivity contribution in [3.8, 4) is 0 Å². The zero-order chi connectivity index (χ0) is 15.5. The van der Waals surface area contributed by atoms with Crippen LogP contribution in [-0.4, -0.2) is 40.3 Å². The second-order valence-corrected chi connectivity index (χ2v) is 7.42. The monoisotopic (exact) mass is 313 g/mol. The average Bonchev–Trinajstić information content (AvgIpc) is 2.51. The van der Waals surface area contributed by atoms with E-state index in [0.29, 0.717) is 11.3 Å². The van der Waals surface area contributed by atoms with Gasteiger partial charge in [-0.05, 0) is 39.5 Å². The summed E-state index contributed by atoms with van der Waals surface area (Å²) in [7, 11) is -0.670. The zero-order valence-electron chi connectivity index (χ0n) is 13.7. The van der Waals surface area contributed by atoms with Crippen LogP contribution < -0.4 is 10.6 Å². The molecule has 122 valence electrons. The molecule has 0 heterocycles. The maximum atomic E-state index is 12.0. The smallest absolute Gasteiger partial charge is 0.191 e. The molecule has 0 aromatic carbocycles. The molecule has 2 N–H and O–H groups in total. The number of allylic oxidation sites excluding steroid dienone is 1. The molecule has 1 fully saturated rings. The molecule has 4 nitrogen and oxygen atoms in total. The molecule has 3 unspecified atom stereocenters. The summed E-state index contributed by atoms with van der Waals surface area (Å²) in [4.78, 5) is 4.60. The number of hydrogen-bond donors (Lipinski definition) is 2. The average molecular weight is 314 g/mol. The molecule has 0 spiro atoms. The number of guanidine groups is 1. The van der Waals surface area contributed by atoms with Crippen molar-refractivity contribution in [3.05, 3.63) is 12.2 Å². The molecule has 1 saturated carbocycles. The Labute approximate surface area is 132 Å². The van der Waals surface area contributed by atoms with Gasteiger partial charge in [0.05, 0.1) is 0 Å². The van der Waals surface area contributed by atoms with Gasteiger partial charge in [-0.1, -0.05) is 25.5 Å². The molecule has 0 amide bonds. The lowest BCUT2D eigenvalue weighted by Gasteiger charge is -2.30. The van der Waals surface area contributed by atoms with E-state index in [0.717, 1.165) is 56.9 Å².